The summed E-state index contributed by atoms with van der Waals surface area (Å²) in [6, 6.07) is 1.59. The Morgan fingerprint density at radius 1 is 1.48 bits per heavy atom. The van der Waals surface area contributed by atoms with Crippen molar-refractivity contribution in [2.24, 2.45) is 0 Å². The zero-order valence-corrected chi connectivity index (χ0v) is 13.2. The highest BCUT2D eigenvalue weighted by Crippen LogP contribution is 2.19. The Morgan fingerprint density at radius 2 is 2.19 bits per heavy atom. The highest BCUT2D eigenvalue weighted by molar-refractivity contribution is 7.12. The third kappa shape index (κ3) is 4.88. The van der Waals surface area contributed by atoms with Crippen LogP contribution in [0, 0.1) is 11.8 Å². The number of hydrogen-bond acceptors (Lipinski definition) is 5. The molecule has 0 aliphatic rings. The van der Waals surface area contributed by atoms with Gasteiger partial charge in [0.05, 0.1) is 6.61 Å². The van der Waals surface area contributed by atoms with E-state index in [1.54, 1.807) is 18.4 Å². The minimum absolute atomic E-state index is 0.0882. The topological polar surface area (TPSA) is 66.8 Å². The fourth-order valence-electron chi connectivity index (χ4n) is 1.67. The monoisotopic (exact) mass is 309 g/mol. The number of carbonyl (C=O) groups excluding carboxylic acids is 2. The lowest BCUT2D eigenvalue weighted by atomic mass is 10.2. The second kappa shape index (κ2) is 8.45. The first-order valence-electron chi connectivity index (χ1n) is 6.65. The number of thiophene rings is 1. The second-order valence-electron chi connectivity index (χ2n) is 4.46. The number of carbonyl (C=O) groups is 2. The molecule has 0 radical (unpaired) electrons. The van der Waals surface area contributed by atoms with Gasteiger partial charge >= 0.3 is 5.97 Å². The highest BCUT2D eigenvalue weighted by Gasteiger charge is 2.24. The van der Waals surface area contributed by atoms with Crippen molar-refractivity contribution in [1.82, 2.24) is 4.90 Å². The van der Waals surface area contributed by atoms with Crippen molar-refractivity contribution in [3.05, 3.63) is 21.9 Å². The summed E-state index contributed by atoms with van der Waals surface area (Å²) in [4.78, 5) is 26.1. The Morgan fingerprint density at radius 3 is 2.76 bits per heavy atom. The van der Waals surface area contributed by atoms with Crippen molar-refractivity contribution >= 4 is 23.2 Å². The normalized spacial score (nSPS) is 9.95. The second-order valence-corrected chi connectivity index (χ2v) is 5.37. The van der Waals surface area contributed by atoms with E-state index in [2.05, 4.69) is 11.8 Å². The maximum atomic E-state index is 12.6. The number of ether oxygens (including phenoxy) is 1. The summed E-state index contributed by atoms with van der Waals surface area (Å²) >= 11 is 1.27. The zero-order valence-electron chi connectivity index (χ0n) is 12.4. The first kappa shape index (κ1) is 17.2. The Labute approximate surface area is 128 Å². The van der Waals surface area contributed by atoms with Crippen LogP contribution in [0.3, 0.4) is 0 Å². The van der Waals surface area contributed by atoms with Gasteiger partial charge in [-0.15, -0.1) is 11.3 Å². The van der Waals surface area contributed by atoms with Gasteiger partial charge in [0.1, 0.15) is 18.0 Å². The van der Waals surface area contributed by atoms with Crippen molar-refractivity contribution < 1.29 is 19.4 Å². The number of rotatable bonds is 5. The van der Waals surface area contributed by atoms with Crippen LogP contribution < -0.4 is 0 Å². The van der Waals surface area contributed by atoms with E-state index < -0.39 is 5.97 Å². The molecule has 21 heavy (non-hydrogen) atoms. The Balaban J connectivity index is 2.96. The summed E-state index contributed by atoms with van der Waals surface area (Å²) in [6.45, 7) is 5.33. The minimum Gasteiger partial charge on any atom is -0.465 e. The first-order valence-corrected chi connectivity index (χ1v) is 7.53. The van der Waals surface area contributed by atoms with Crippen molar-refractivity contribution in [1.29, 1.82) is 0 Å². The van der Waals surface area contributed by atoms with Gasteiger partial charge in [0.2, 0.25) is 0 Å². The van der Waals surface area contributed by atoms with Crippen LogP contribution in [0.2, 0.25) is 0 Å². The SMILES string of the molecule is CCOC(=O)CN(C(=O)c1sccc1C#CCO)C(C)C. The van der Waals surface area contributed by atoms with Crippen LogP contribution in [0.1, 0.15) is 36.0 Å². The molecule has 1 heterocycles. The molecule has 0 atom stereocenters. The lowest BCUT2D eigenvalue weighted by Crippen LogP contribution is -2.41. The maximum absolute atomic E-state index is 12.6. The summed E-state index contributed by atoms with van der Waals surface area (Å²) in [6.07, 6.45) is 0. The molecule has 1 amide bonds. The Kier molecular flexibility index (Phi) is 6.92. The molecule has 0 aromatic carbocycles. The van der Waals surface area contributed by atoms with Gasteiger partial charge in [0.25, 0.3) is 5.91 Å². The summed E-state index contributed by atoms with van der Waals surface area (Å²) in [5.74, 6) is 4.58. The van der Waals surface area contributed by atoms with Gasteiger partial charge < -0.3 is 14.7 Å². The van der Waals surface area contributed by atoms with Gasteiger partial charge in [-0.1, -0.05) is 11.8 Å². The summed E-state index contributed by atoms with van der Waals surface area (Å²) < 4.78 is 4.89. The fraction of sp³-hybridized carbons (Fsp3) is 0.467. The van der Waals surface area contributed by atoms with Gasteiger partial charge in [-0.3, -0.25) is 9.59 Å². The molecule has 1 aromatic rings. The molecule has 1 rings (SSSR count). The van der Waals surface area contributed by atoms with E-state index in [1.807, 2.05) is 13.8 Å². The fourth-order valence-corrected chi connectivity index (χ4v) is 2.48. The predicted octanol–water partition coefficient (Wildman–Crippen LogP) is 1.51. The number of amides is 1. The van der Waals surface area contributed by atoms with Crippen LogP contribution in [0.25, 0.3) is 0 Å². The molecule has 6 heteroatoms. The van der Waals surface area contributed by atoms with Crippen LogP contribution in [-0.2, 0) is 9.53 Å². The third-order valence-electron chi connectivity index (χ3n) is 2.65. The maximum Gasteiger partial charge on any atom is 0.325 e. The molecule has 0 saturated heterocycles. The average Bonchev–Trinajstić information content (AvgIpc) is 2.90. The standard InChI is InChI=1S/C15H19NO4S/c1-4-20-13(18)10-16(11(2)3)15(19)14-12(6-5-8-17)7-9-21-14/h7,9,11,17H,4,8,10H2,1-3H3. The molecular weight excluding hydrogens is 290 g/mol. The van der Waals surface area contributed by atoms with Gasteiger partial charge in [-0.2, -0.15) is 0 Å². The van der Waals surface area contributed by atoms with Crippen LogP contribution in [-0.4, -0.2) is 47.7 Å². The Bertz CT molecular complexity index is 554. The van der Waals surface area contributed by atoms with E-state index in [0.29, 0.717) is 10.4 Å². The number of aliphatic hydroxyl groups excluding tert-OH is 1. The molecule has 5 nitrogen and oxygen atoms in total. The van der Waals surface area contributed by atoms with Crippen molar-refractivity contribution in [2.75, 3.05) is 19.8 Å². The zero-order chi connectivity index (χ0) is 15.8. The summed E-state index contributed by atoms with van der Waals surface area (Å²) in [7, 11) is 0. The average molecular weight is 309 g/mol. The van der Waals surface area contributed by atoms with E-state index >= 15 is 0 Å². The van der Waals surface area contributed by atoms with Crippen molar-refractivity contribution in [3.63, 3.8) is 0 Å². The van der Waals surface area contributed by atoms with Crippen LogP contribution in [0.4, 0.5) is 0 Å². The smallest absolute Gasteiger partial charge is 0.325 e. The van der Waals surface area contributed by atoms with Gasteiger partial charge in [0.15, 0.2) is 0 Å². The lowest BCUT2D eigenvalue weighted by molar-refractivity contribution is -0.144. The molecule has 0 aliphatic heterocycles. The minimum atomic E-state index is -0.431. The molecule has 0 unspecified atom stereocenters. The molecule has 1 aromatic heterocycles. The summed E-state index contributed by atoms with van der Waals surface area (Å²) in [5.41, 5.74) is 0.563. The number of nitrogens with zero attached hydrogens (tertiary/aromatic N) is 1. The van der Waals surface area contributed by atoms with Crippen LogP contribution in [0.5, 0.6) is 0 Å². The molecule has 1 N–H and O–H groups in total. The van der Waals surface area contributed by atoms with Crippen molar-refractivity contribution in [3.8, 4) is 11.8 Å². The highest BCUT2D eigenvalue weighted by atomic mass is 32.1. The van der Waals surface area contributed by atoms with Gasteiger partial charge in [-0.25, -0.2) is 0 Å². The third-order valence-corrected chi connectivity index (χ3v) is 3.55. The predicted molar refractivity (Wildman–Crippen MR) is 81.1 cm³/mol. The lowest BCUT2D eigenvalue weighted by Gasteiger charge is -2.25. The molecule has 0 bridgehead atoms. The Hall–Kier alpha value is -1.84. The molecule has 0 spiro atoms. The van der Waals surface area contributed by atoms with E-state index in [0.717, 1.165) is 0 Å². The first-order chi connectivity index (χ1) is 10.0. The molecule has 0 aliphatic carbocycles. The van der Waals surface area contributed by atoms with E-state index in [-0.39, 0.29) is 31.7 Å². The summed E-state index contributed by atoms with van der Waals surface area (Å²) in [5, 5.41) is 10.5. The molecule has 0 fully saturated rings. The quantitative estimate of drug-likeness (QED) is 0.661. The van der Waals surface area contributed by atoms with Gasteiger partial charge in [0, 0.05) is 11.6 Å². The van der Waals surface area contributed by atoms with Crippen LogP contribution in [0.15, 0.2) is 11.4 Å². The van der Waals surface area contributed by atoms with Crippen LogP contribution >= 0.6 is 11.3 Å². The van der Waals surface area contributed by atoms with E-state index in [4.69, 9.17) is 9.84 Å². The van der Waals surface area contributed by atoms with Gasteiger partial charge in [-0.05, 0) is 32.2 Å². The molecular formula is C15H19NO4S. The van der Waals surface area contributed by atoms with E-state index in [9.17, 15) is 9.59 Å². The number of esters is 1. The molecule has 0 saturated carbocycles. The largest absolute Gasteiger partial charge is 0.465 e. The molecule has 114 valence electrons. The van der Waals surface area contributed by atoms with Crippen molar-refractivity contribution in [2.45, 2.75) is 26.8 Å². The number of hydrogen-bond donors (Lipinski definition) is 1. The van der Waals surface area contributed by atoms with E-state index in [1.165, 1.54) is 16.2 Å². The number of aliphatic hydroxyl groups is 1.